The van der Waals surface area contributed by atoms with Gasteiger partial charge in [0.25, 0.3) is 0 Å². The van der Waals surface area contributed by atoms with Gasteiger partial charge in [0.15, 0.2) is 0 Å². The molecule has 1 aliphatic rings. The Morgan fingerprint density at radius 3 is 2.72 bits per heavy atom. The number of imidazole rings is 1. The predicted octanol–water partition coefficient (Wildman–Crippen LogP) is 4.21. The van der Waals surface area contributed by atoms with Crippen LogP contribution in [0, 0.1) is 12.7 Å². The lowest BCUT2D eigenvalue weighted by atomic mass is 10.0. The zero-order valence-electron chi connectivity index (χ0n) is 16.0. The van der Waals surface area contributed by atoms with Crippen molar-refractivity contribution < 1.29 is 8.91 Å². The Morgan fingerprint density at radius 2 is 1.93 bits per heavy atom. The van der Waals surface area contributed by atoms with Crippen molar-refractivity contribution in [1.29, 1.82) is 0 Å². The summed E-state index contributed by atoms with van der Waals surface area (Å²) in [4.78, 5) is 14.6. The molecule has 0 amide bonds. The number of nitrogens with one attached hydrogen (secondary N) is 1. The van der Waals surface area contributed by atoms with Gasteiger partial charge in [0, 0.05) is 25.1 Å². The van der Waals surface area contributed by atoms with Crippen LogP contribution in [0.4, 0.5) is 4.39 Å². The first-order valence-corrected chi connectivity index (χ1v) is 9.56. The molecular weight excluding hydrogens is 369 g/mol. The highest BCUT2D eigenvalue weighted by Gasteiger charge is 2.33. The van der Waals surface area contributed by atoms with Gasteiger partial charge in [0.2, 0.25) is 11.7 Å². The van der Waals surface area contributed by atoms with E-state index in [1.807, 2.05) is 0 Å². The van der Waals surface area contributed by atoms with E-state index in [2.05, 4.69) is 56.2 Å². The zero-order valence-corrected chi connectivity index (χ0v) is 16.0. The third-order valence-electron chi connectivity index (χ3n) is 5.33. The monoisotopic (exact) mass is 389 g/mol. The molecule has 0 spiro atoms. The Hall–Kier alpha value is -3.32. The second-order valence-electron chi connectivity index (χ2n) is 7.40. The van der Waals surface area contributed by atoms with Gasteiger partial charge in [-0.25, -0.2) is 9.37 Å². The number of H-pyrrole nitrogens is 1. The normalized spacial score (nSPS) is 16.7. The fourth-order valence-corrected chi connectivity index (χ4v) is 3.71. The molecule has 4 aromatic rings. The summed E-state index contributed by atoms with van der Waals surface area (Å²) < 4.78 is 18.8. The quantitative estimate of drug-likeness (QED) is 0.566. The van der Waals surface area contributed by atoms with Crippen molar-refractivity contribution >= 4 is 0 Å². The van der Waals surface area contributed by atoms with Gasteiger partial charge in [0.1, 0.15) is 5.82 Å². The number of halogens is 1. The molecule has 0 saturated carbocycles. The molecule has 1 atom stereocenters. The third kappa shape index (κ3) is 3.56. The Balaban J connectivity index is 1.45. The number of fused-ring (bicyclic) bond motifs is 1. The molecule has 0 bridgehead atoms. The minimum absolute atomic E-state index is 0.0752. The van der Waals surface area contributed by atoms with Crippen molar-refractivity contribution in [3.05, 3.63) is 89.1 Å². The van der Waals surface area contributed by atoms with Crippen LogP contribution in [0.5, 0.6) is 0 Å². The molecule has 6 nitrogen and oxygen atoms in total. The van der Waals surface area contributed by atoms with Crippen molar-refractivity contribution in [2.75, 3.05) is 0 Å². The summed E-state index contributed by atoms with van der Waals surface area (Å²) in [6.07, 6.45) is 2.42. The smallest absolute Gasteiger partial charge is 0.244 e. The number of aryl methyl sites for hydroxylation is 1. The molecule has 0 unspecified atom stereocenters. The minimum Gasteiger partial charge on any atom is -0.347 e. The average molecular weight is 389 g/mol. The van der Waals surface area contributed by atoms with E-state index in [4.69, 9.17) is 4.52 Å². The Labute approximate surface area is 167 Å². The fourth-order valence-electron chi connectivity index (χ4n) is 3.71. The van der Waals surface area contributed by atoms with E-state index >= 15 is 0 Å². The standard InChI is InChI=1S/C22H20FN5O/c1-14-2-4-15(5-3-14)11-28-12-19-18(24-13-25-19)10-20(28)22-26-21(27-29-22)16-6-8-17(23)9-7-16/h2-9,13,20H,10-12H2,1H3,(H,24,25)/t20-/m0/s1. The number of hydrogen-bond acceptors (Lipinski definition) is 5. The number of aromatic nitrogens is 4. The van der Waals surface area contributed by atoms with E-state index in [-0.39, 0.29) is 11.9 Å². The SMILES string of the molecule is Cc1ccc(CN2Cc3[nH]cnc3C[C@H]2c2nc(-c3ccc(F)cc3)no2)cc1. The van der Waals surface area contributed by atoms with Crippen LogP contribution < -0.4 is 0 Å². The van der Waals surface area contributed by atoms with Crippen LogP contribution in [0.1, 0.15) is 34.4 Å². The molecule has 0 aliphatic carbocycles. The van der Waals surface area contributed by atoms with E-state index in [1.54, 1.807) is 18.5 Å². The van der Waals surface area contributed by atoms with Gasteiger partial charge in [-0.2, -0.15) is 4.98 Å². The van der Waals surface area contributed by atoms with E-state index in [0.29, 0.717) is 18.1 Å². The summed E-state index contributed by atoms with van der Waals surface area (Å²) in [7, 11) is 0. The predicted molar refractivity (Wildman–Crippen MR) is 105 cm³/mol. The van der Waals surface area contributed by atoms with Crippen LogP contribution in [-0.2, 0) is 19.5 Å². The molecule has 29 heavy (non-hydrogen) atoms. The van der Waals surface area contributed by atoms with Gasteiger partial charge in [0.05, 0.1) is 23.8 Å². The number of benzene rings is 2. The summed E-state index contributed by atoms with van der Waals surface area (Å²) in [5.41, 5.74) is 5.33. The lowest BCUT2D eigenvalue weighted by molar-refractivity contribution is 0.128. The van der Waals surface area contributed by atoms with E-state index < -0.39 is 0 Å². The molecule has 3 heterocycles. The van der Waals surface area contributed by atoms with E-state index in [0.717, 1.165) is 30.0 Å². The molecule has 146 valence electrons. The maximum absolute atomic E-state index is 13.2. The van der Waals surface area contributed by atoms with Gasteiger partial charge in [-0.15, -0.1) is 0 Å². The molecule has 5 rings (SSSR count). The van der Waals surface area contributed by atoms with E-state index in [9.17, 15) is 4.39 Å². The Morgan fingerprint density at radius 1 is 1.14 bits per heavy atom. The molecule has 7 heteroatoms. The largest absolute Gasteiger partial charge is 0.347 e. The maximum atomic E-state index is 13.2. The second-order valence-corrected chi connectivity index (χ2v) is 7.40. The van der Waals surface area contributed by atoms with Crippen LogP contribution in [-0.4, -0.2) is 25.0 Å². The summed E-state index contributed by atoms with van der Waals surface area (Å²) in [6.45, 7) is 3.57. The molecular formula is C22H20FN5O. The summed E-state index contributed by atoms with van der Waals surface area (Å²) >= 11 is 0. The zero-order chi connectivity index (χ0) is 19.8. The van der Waals surface area contributed by atoms with Crippen molar-refractivity contribution in [2.24, 2.45) is 0 Å². The number of nitrogens with zero attached hydrogens (tertiary/aromatic N) is 4. The third-order valence-corrected chi connectivity index (χ3v) is 5.33. The minimum atomic E-state index is -0.292. The van der Waals surface area contributed by atoms with Crippen molar-refractivity contribution in [3.8, 4) is 11.4 Å². The van der Waals surface area contributed by atoms with Gasteiger partial charge in [-0.05, 0) is 36.8 Å². The molecule has 0 fully saturated rings. The van der Waals surface area contributed by atoms with Gasteiger partial charge < -0.3 is 9.51 Å². The second kappa shape index (κ2) is 7.25. The van der Waals surface area contributed by atoms with E-state index in [1.165, 1.54) is 23.3 Å². The van der Waals surface area contributed by atoms with Gasteiger partial charge in [-0.1, -0.05) is 35.0 Å². The highest BCUT2D eigenvalue weighted by Crippen LogP contribution is 2.33. The molecule has 0 radical (unpaired) electrons. The fraction of sp³-hybridized carbons (Fsp3) is 0.227. The highest BCUT2D eigenvalue weighted by atomic mass is 19.1. The number of aromatic amines is 1. The molecule has 2 aromatic carbocycles. The average Bonchev–Trinajstić information content (AvgIpc) is 3.39. The molecule has 1 N–H and O–H groups in total. The summed E-state index contributed by atoms with van der Waals surface area (Å²) in [6, 6.07) is 14.6. The highest BCUT2D eigenvalue weighted by molar-refractivity contribution is 5.53. The van der Waals surface area contributed by atoms with Crippen LogP contribution in [0.25, 0.3) is 11.4 Å². The lowest BCUT2D eigenvalue weighted by Crippen LogP contribution is -2.34. The maximum Gasteiger partial charge on any atom is 0.244 e. The van der Waals surface area contributed by atoms with Gasteiger partial charge in [-0.3, -0.25) is 4.90 Å². The van der Waals surface area contributed by atoms with Crippen LogP contribution in [0.3, 0.4) is 0 Å². The molecule has 2 aromatic heterocycles. The van der Waals surface area contributed by atoms with Crippen LogP contribution in [0.2, 0.25) is 0 Å². The van der Waals surface area contributed by atoms with Crippen molar-refractivity contribution in [3.63, 3.8) is 0 Å². The first-order chi connectivity index (χ1) is 14.2. The van der Waals surface area contributed by atoms with Crippen LogP contribution in [0.15, 0.2) is 59.4 Å². The molecule has 0 saturated heterocycles. The topological polar surface area (TPSA) is 70.8 Å². The Kier molecular flexibility index (Phi) is 4.44. The van der Waals surface area contributed by atoms with Gasteiger partial charge >= 0.3 is 0 Å². The summed E-state index contributed by atoms with van der Waals surface area (Å²) in [5.74, 6) is 0.716. The first kappa shape index (κ1) is 17.8. The summed E-state index contributed by atoms with van der Waals surface area (Å²) in [5, 5.41) is 4.12. The first-order valence-electron chi connectivity index (χ1n) is 9.56. The van der Waals surface area contributed by atoms with Crippen LogP contribution >= 0.6 is 0 Å². The van der Waals surface area contributed by atoms with Crippen molar-refractivity contribution in [2.45, 2.75) is 32.5 Å². The van der Waals surface area contributed by atoms with Crippen molar-refractivity contribution in [1.82, 2.24) is 25.0 Å². The molecule has 1 aliphatic heterocycles. The number of rotatable bonds is 4. The Bertz CT molecular complexity index is 1120. The lowest BCUT2D eigenvalue weighted by Gasteiger charge is -2.32. The number of hydrogen-bond donors (Lipinski definition) is 1.